The van der Waals surface area contributed by atoms with Crippen LogP contribution in [0.15, 0.2) is 100 Å². The van der Waals surface area contributed by atoms with E-state index in [0.717, 1.165) is 69.4 Å². The number of halogens is 4. The molecule has 0 radical (unpaired) electrons. The second kappa shape index (κ2) is 12.0. The van der Waals surface area contributed by atoms with Crippen molar-refractivity contribution in [2.24, 2.45) is 4.99 Å². The number of benzene rings is 3. The van der Waals surface area contributed by atoms with Crippen molar-refractivity contribution in [3.8, 4) is 17.2 Å². The van der Waals surface area contributed by atoms with Crippen molar-refractivity contribution in [1.29, 1.82) is 0 Å². The number of alkyl halides is 4. The molecule has 0 saturated heterocycles. The number of rotatable bonds is 8. The van der Waals surface area contributed by atoms with Crippen molar-refractivity contribution in [2.75, 3.05) is 7.11 Å². The Morgan fingerprint density at radius 1 is 0.833 bits per heavy atom. The van der Waals surface area contributed by atoms with Gasteiger partial charge in [-0.3, -0.25) is 0 Å². The van der Waals surface area contributed by atoms with Gasteiger partial charge < -0.3 is 19.1 Å². The Morgan fingerprint density at radius 3 is 2.07 bits per heavy atom. The summed E-state index contributed by atoms with van der Waals surface area (Å²) in [5.74, 6) is 0.950. The predicted molar refractivity (Wildman–Crippen MR) is 156 cm³/mol. The van der Waals surface area contributed by atoms with Crippen LogP contribution in [-0.4, -0.2) is 30.4 Å². The standard InChI is InChI=1S/C32H26F4N2O3S/c1-39-23-13-7-20(8-14-23)27-18-42-32-37-28-22(17-19-5-11-24(12-6-19)40-30(33)34)3-2-4-26(28)29(38(27)32)21-9-15-25(16-10-21)41-31(35)36/h5-18,29-31H,2-4H2,1H3/b22-17-/t29-/m1/s1. The average Bonchev–Trinajstić information content (AvgIpc) is 3.41. The highest BCUT2D eigenvalue weighted by Crippen LogP contribution is 2.51. The van der Waals surface area contributed by atoms with E-state index in [2.05, 4.69) is 19.8 Å². The maximum Gasteiger partial charge on any atom is 0.387 e. The number of hydrogen-bond acceptors (Lipinski definition) is 6. The topological polar surface area (TPSA) is 43.3 Å². The number of aliphatic imine (C=N–C) groups is 1. The molecule has 10 heteroatoms. The minimum atomic E-state index is -2.90. The van der Waals surface area contributed by atoms with Crippen molar-refractivity contribution in [1.82, 2.24) is 4.90 Å². The number of thioether (sulfide) groups is 1. The maximum absolute atomic E-state index is 12.8. The molecule has 0 unspecified atom stereocenters. The van der Waals surface area contributed by atoms with Gasteiger partial charge in [-0.25, -0.2) is 4.99 Å². The SMILES string of the molecule is COc1ccc(C2=CSC3=NC4=C(CCC/C4=C/c4ccc(OC(F)F)cc4)[C@@H](c4ccc(OC(F)F)cc4)N23)cc1. The van der Waals surface area contributed by atoms with Crippen molar-refractivity contribution in [3.63, 3.8) is 0 Å². The molecule has 0 spiro atoms. The second-order valence-electron chi connectivity index (χ2n) is 9.81. The molecule has 216 valence electrons. The molecule has 0 saturated carbocycles. The van der Waals surface area contributed by atoms with Crippen LogP contribution in [0, 0.1) is 0 Å². The third kappa shape index (κ3) is 5.76. The lowest BCUT2D eigenvalue weighted by Gasteiger charge is -2.40. The molecule has 0 bridgehead atoms. The van der Waals surface area contributed by atoms with E-state index in [1.807, 2.05) is 42.5 Å². The van der Waals surface area contributed by atoms with Crippen LogP contribution in [-0.2, 0) is 0 Å². The number of allylic oxidation sites excluding steroid dienone is 1. The number of methoxy groups -OCH3 is 1. The van der Waals surface area contributed by atoms with Crippen molar-refractivity contribution >= 4 is 28.7 Å². The summed E-state index contributed by atoms with van der Waals surface area (Å²) in [7, 11) is 1.63. The molecule has 0 amide bonds. The average molecular weight is 595 g/mol. The quantitative estimate of drug-likeness (QED) is 0.244. The lowest BCUT2D eigenvalue weighted by atomic mass is 9.82. The summed E-state index contributed by atoms with van der Waals surface area (Å²) in [6, 6.07) is 20.9. The number of fused-ring (bicyclic) bond motifs is 1. The van der Waals surface area contributed by atoms with Crippen LogP contribution in [0.25, 0.3) is 11.8 Å². The van der Waals surface area contributed by atoms with Gasteiger partial charge in [0, 0.05) is 5.41 Å². The third-order valence-corrected chi connectivity index (χ3v) is 8.13. The Hall–Kier alpha value is -4.18. The molecule has 5 nitrogen and oxygen atoms in total. The fourth-order valence-corrected chi connectivity index (χ4v) is 6.39. The Balaban J connectivity index is 1.41. The largest absolute Gasteiger partial charge is 0.497 e. The Kier molecular flexibility index (Phi) is 7.97. The molecule has 42 heavy (non-hydrogen) atoms. The van der Waals surface area contributed by atoms with Gasteiger partial charge >= 0.3 is 13.2 Å². The molecular formula is C32H26F4N2O3S. The second-order valence-corrected chi connectivity index (χ2v) is 10.6. The lowest BCUT2D eigenvalue weighted by Crippen LogP contribution is -2.34. The van der Waals surface area contributed by atoms with E-state index in [4.69, 9.17) is 9.73 Å². The highest BCUT2D eigenvalue weighted by atomic mass is 32.2. The molecule has 2 heterocycles. The molecule has 0 aromatic heterocycles. The van der Waals surface area contributed by atoms with Gasteiger partial charge in [-0.15, -0.1) is 0 Å². The predicted octanol–water partition coefficient (Wildman–Crippen LogP) is 8.88. The van der Waals surface area contributed by atoms with Crippen LogP contribution < -0.4 is 14.2 Å². The molecular weight excluding hydrogens is 568 g/mol. The van der Waals surface area contributed by atoms with E-state index in [0.29, 0.717) is 0 Å². The molecule has 1 aliphatic carbocycles. The molecule has 1 atom stereocenters. The fourth-order valence-electron chi connectivity index (χ4n) is 5.47. The van der Waals surface area contributed by atoms with Gasteiger partial charge in [-0.1, -0.05) is 36.0 Å². The van der Waals surface area contributed by atoms with E-state index in [-0.39, 0.29) is 17.5 Å². The molecule has 0 fully saturated rings. The Labute approximate surface area is 244 Å². The molecule has 3 aromatic rings. The van der Waals surface area contributed by atoms with Gasteiger partial charge in [0.05, 0.1) is 24.5 Å². The van der Waals surface area contributed by atoms with E-state index >= 15 is 0 Å². The first-order valence-corrected chi connectivity index (χ1v) is 14.2. The lowest BCUT2D eigenvalue weighted by molar-refractivity contribution is -0.0505. The maximum atomic E-state index is 12.8. The molecule has 6 rings (SSSR count). The summed E-state index contributed by atoms with van der Waals surface area (Å²) in [5, 5.41) is 2.89. The fraction of sp³-hybridized carbons (Fsp3) is 0.219. The number of hydrogen-bond donors (Lipinski definition) is 0. The van der Waals surface area contributed by atoms with Crippen LogP contribution >= 0.6 is 11.8 Å². The van der Waals surface area contributed by atoms with Crippen LogP contribution in [0.3, 0.4) is 0 Å². The van der Waals surface area contributed by atoms with Crippen molar-refractivity contribution in [2.45, 2.75) is 38.5 Å². The molecule has 3 aliphatic rings. The first-order chi connectivity index (χ1) is 20.4. The Bertz CT molecular complexity index is 1570. The summed E-state index contributed by atoms with van der Waals surface area (Å²) in [5.41, 5.74) is 6.83. The van der Waals surface area contributed by atoms with E-state index in [1.165, 1.54) is 23.9 Å². The van der Waals surface area contributed by atoms with Gasteiger partial charge in [0.25, 0.3) is 0 Å². The first-order valence-electron chi connectivity index (χ1n) is 13.3. The van der Waals surface area contributed by atoms with E-state index < -0.39 is 13.2 Å². The minimum absolute atomic E-state index is 0.0952. The summed E-state index contributed by atoms with van der Waals surface area (Å²) < 4.78 is 65.3. The molecule has 0 N–H and O–H groups in total. The van der Waals surface area contributed by atoms with Gasteiger partial charge in [0.2, 0.25) is 0 Å². The van der Waals surface area contributed by atoms with Crippen molar-refractivity contribution < 1.29 is 31.8 Å². The van der Waals surface area contributed by atoms with Crippen LogP contribution in [0.1, 0.15) is 42.0 Å². The minimum Gasteiger partial charge on any atom is -0.497 e. The van der Waals surface area contributed by atoms with Gasteiger partial charge in [0.15, 0.2) is 5.17 Å². The molecule has 3 aromatic carbocycles. The van der Waals surface area contributed by atoms with Crippen LogP contribution in [0.4, 0.5) is 17.6 Å². The normalized spacial score (nSPS) is 19.1. The number of nitrogens with zero attached hydrogens (tertiary/aromatic N) is 2. The number of ether oxygens (including phenoxy) is 3. The van der Waals surface area contributed by atoms with Crippen LogP contribution in [0.5, 0.6) is 17.2 Å². The third-order valence-electron chi connectivity index (χ3n) is 7.29. The zero-order valence-corrected chi connectivity index (χ0v) is 23.3. The van der Waals surface area contributed by atoms with E-state index in [1.54, 1.807) is 31.4 Å². The van der Waals surface area contributed by atoms with Gasteiger partial charge in [0.1, 0.15) is 17.2 Å². The number of amidine groups is 1. The monoisotopic (exact) mass is 594 g/mol. The zero-order chi connectivity index (χ0) is 29.2. The van der Waals surface area contributed by atoms with Crippen molar-refractivity contribution in [3.05, 3.63) is 112 Å². The van der Waals surface area contributed by atoms with Crippen LogP contribution in [0.2, 0.25) is 0 Å². The summed E-state index contributed by atoms with van der Waals surface area (Å²) in [6.45, 7) is -5.78. The summed E-state index contributed by atoms with van der Waals surface area (Å²) in [4.78, 5) is 7.34. The summed E-state index contributed by atoms with van der Waals surface area (Å²) in [6.07, 6.45) is 4.55. The zero-order valence-electron chi connectivity index (χ0n) is 22.5. The smallest absolute Gasteiger partial charge is 0.387 e. The highest BCUT2D eigenvalue weighted by Gasteiger charge is 2.40. The molecule has 2 aliphatic heterocycles. The highest BCUT2D eigenvalue weighted by molar-refractivity contribution is 8.16. The van der Waals surface area contributed by atoms with Gasteiger partial charge in [-0.2, -0.15) is 17.6 Å². The summed E-state index contributed by atoms with van der Waals surface area (Å²) >= 11 is 1.53. The van der Waals surface area contributed by atoms with Gasteiger partial charge in [-0.05, 0) is 102 Å². The van der Waals surface area contributed by atoms with E-state index in [9.17, 15) is 17.6 Å². The first kappa shape index (κ1) is 28.0. The Morgan fingerprint density at radius 2 is 1.45 bits per heavy atom.